The maximum Gasteiger partial charge on any atom is 0.573 e. The molecule has 1 fully saturated rings. The number of nitrogens with zero attached hydrogens (tertiary/aromatic N) is 3. The number of pyridine rings is 1. The Morgan fingerprint density at radius 1 is 1.03 bits per heavy atom. The van der Waals surface area contributed by atoms with Crippen molar-refractivity contribution in [2.75, 3.05) is 5.32 Å². The van der Waals surface area contributed by atoms with Crippen LogP contribution >= 0.6 is 0 Å². The summed E-state index contributed by atoms with van der Waals surface area (Å²) in [7, 11) is 0. The lowest BCUT2D eigenvalue weighted by molar-refractivity contribution is -0.274. The van der Waals surface area contributed by atoms with Crippen LogP contribution in [0.15, 0.2) is 36.5 Å². The SMILES string of the molecule is CC(C)(C)C1CCC(n2cc3cc(NC(=O)c4cccc(C(F)(F)F)n4)c(OC(F)(F)F)cc3n2)CC1. The molecule has 12 heteroatoms. The standard InChI is InChI=1S/C25H26F6N4O2/c1-23(2,3)15-7-9-16(10-8-15)35-13-14-11-19(20(12-18(14)34-35)37-25(29,30)31)33-22(36)17-5-4-6-21(32-17)24(26,27)28/h4-6,11-13,15-16H,7-10H2,1-3H3,(H,33,36). The highest BCUT2D eigenvalue weighted by molar-refractivity contribution is 6.05. The number of rotatable bonds is 4. The van der Waals surface area contributed by atoms with Crippen LogP contribution in [0.25, 0.3) is 10.9 Å². The molecule has 4 rings (SSSR count). The molecule has 1 amide bonds. The van der Waals surface area contributed by atoms with Crippen LogP contribution < -0.4 is 10.1 Å². The van der Waals surface area contributed by atoms with Crippen LogP contribution in [0.3, 0.4) is 0 Å². The topological polar surface area (TPSA) is 69.0 Å². The number of aromatic nitrogens is 3. The Kier molecular flexibility index (Phi) is 6.89. The van der Waals surface area contributed by atoms with Crippen molar-refractivity contribution < 1.29 is 35.9 Å². The minimum Gasteiger partial charge on any atom is -0.403 e. The monoisotopic (exact) mass is 528 g/mol. The van der Waals surface area contributed by atoms with Crippen molar-refractivity contribution in [3.63, 3.8) is 0 Å². The van der Waals surface area contributed by atoms with E-state index in [2.05, 4.69) is 40.9 Å². The van der Waals surface area contributed by atoms with Crippen LogP contribution in [0.1, 0.15) is 68.7 Å². The molecular weight excluding hydrogens is 502 g/mol. The molecule has 2 heterocycles. The first-order chi connectivity index (χ1) is 17.1. The number of anilines is 1. The van der Waals surface area contributed by atoms with Crippen LogP contribution in [-0.2, 0) is 6.18 Å². The first-order valence-electron chi connectivity index (χ1n) is 11.7. The van der Waals surface area contributed by atoms with Crippen LogP contribution in [0.5, 0.6) is 5.75 Å². The van der Waals surface area contributed by atoms with Gasteiger partial charge in [-0.05, 0) is 55.2 Å². The summed E-state index contributed by atoms with van der Waals surface area (Å²) in [6.45, 7) is 6.60. The Bertz CT molecular complexity index is 1290. The summed E-state index contributed by atoms with van der Waals surface area (Å²) in [5, 5.41) is 7.10. The van der Waals surface area contributed by atoms with Crippen molar-refractivity contribution in [1.29, 1.82) is 0 Å². The lowest BCUT2D eigenvalue weighted by atomic mass is 9.71. The maximum absolute atomic E-state index is 13.1. The molecule has 0 radical (unpaired) electrons. The molecule has 0 aliphatic heterocycles. The zero-order valence-electron chi connectivity index (χ0n) is 20.4. The van der Waals surface area contributed by atoms with E-state index in [1.165, 1.54) is 6.07 Å². The summed E-state index contributed by atoms with van der Waals surface area (Å²) in [5.74, 6) is -1.29. The molecule has 0 spiro atoms. The van der Waals surface area contributed by atoms with E-state index in [-0.39, 0.29) is 22.7 Å². The van der Waals surface area contributed by atoms with Crippen molar-refractivity contribution in [2.24, 2.45) is 11.3 Å². The smallest absolute Gasteiger partial charge is 0.403 e. The number of alkyl halides is 6. The predicted molar refractivity (Wildman–Crippen MR) is 124 cm³/mol. The van der Waals surface area contributed by atoms with Crippen LogP contribution in [-0.4, -0.2) is 27.0 Å². The van der Waals surface area contributed by atoms with Gasteiger partial charge >= 0.3 is 12.5 Å². The number of carbonyl (C=O) groups is 1. The Morgan fingerprint density at radius 3 is 2.30 bits per heavy atom. The number of benzene rings is 1. The first-order valence-corrected chi connectivity index (χ1v) is 11.7. The Morgan fingerprint density at radius 2 is 1.70 bits per heavy atom. The third kappa shape index (κ3) is 6.34. The van der Waals surface area contributed by atoms with Gasteiger partial charge in [0, 0.05) is 17.6 Å². The van der Waals surface area contributed by atoms with Crippen LogP contribution in [0.4, 0.5) is 32.0 Å². The van der Waals surface area contributed by atoms with E-state index < -0.39 is 35.6 Å². The minimum absolute atomic E-state index is 0.0744. The molecule has 1 saturated carbocycles. The van der Waals surface area contributed by atoms with Gasteiger partial charge in [-0.2, -0.15) is 18.3 Å². The predicted octanol–water partition coefficient (Wildman–Crippen LogP) is 7.38. The van der Waals surface area contributed by atoms with Gasteiger partial charge in [-0.3, -0.25) is 9.48 Å². The Hall–Kier alpha value is -3.31. The molecule has 1 aromatic carbocycles. The molecule has 0 atom stereocenters. The van der Waals surface area contributed by atoms with Crippen LogP contribution in [0.2, 0.25) is 0 Å². The van der Waals surface area contributed by atoms with Gasteiger partial charge in [0.2, 0.25) is 0 Å². The van der Waals surface area contributed by atoms with Crippen molar-refractivity contribution >= 4 is 22.5 Å². The summed E-state index contributed by atoms with van der Waals surface area (Å²) >= 11 is 0. The second-order valence-corrected chi connectivity index (χ2v) is 10.3. The van der Waals surface area contributed by atoms with Gasteiger partial charge in [-0.15, -0.1) is 13.2 Å². The molecule has 2 aromatic heterocycles. The largest absolute Gasteiger partial charge is 0.573 e. The van der Waals surface area contributed by atoms with E-state index in [4.69, 9.17) is 0 Å². The molecule has 0 bridgehead atoms. The van der Waals surface area contributed by atoms with E-state index in [9.17, 15) is 31.1 Å². The highest BCUT2D eigenvalue weighted by Crippen LogP contribution is 2.42. The van der Waals surface area contributed by atoms with E-state index >= 15 is 0 Å². The third-order valence-electron chi connectivity index (χ3n) is 6.67. The van der Waals surface area contributed by atoms with Crippen molar-refractivity contribution in [1.82, 2.24) is 14.8 Å². The molecule has 1 aliphatic rings. The zero-order valence-corrected chi connectivity index (χ0v) is 20.4. The van der Waals surface area contributed by atoms with Crippen molar-refractivity contribution in [3.8, 4) is 5.75 Å². The van der Waals surface area contributed by atoms with Crippen molar-refractivity contribution in [3.05, 3.63) is 47.9 Å². The molecule has 200 valence electrons. The van der Waals surface area contributed by atoms with E-state index in [0.29, 0.717) is 17.4 Å². The molecule has 1 N–H and O–H groups in total. The average molecular weight is 528 g/mol. The number of carbonyl (C=O) groups excluding carboxylic acids is 1. The third-order valence-corrected chi connectivity index (χ3v) is 6.67. The molecule has 1 aliphatic carbocycles. The van der Waals surface area contributed by atoms with Crippen LogP contribution in [0, 0.1) is 11.3 Å². The highest BCUT2D eigenvalue weighted by atomic mass is 19.4. The zero-order chi connectivity index (χ0) is 27.2. The van der Waals surface area contributed by atoms with Gasteiger partial charge in [0.05, 0.1) is 17.2 Å². The van der Waals surface area contributed by atoms with E-state index in [0.717, 1.165) is 43.9 Å². The van der Waals surface area contributed by atoms with E-state index in [1.54, 1.807) is 10.9 Å². The average Bonchev–Trinajstić information content (AvgIpc) is 3.20. The molecular formula is C25H26F6N4O2. The summed E-state index contributed by atoms with van der Waals surface area (Å²) in [5.41, 5.74) is -1.87. The van der Waals surface area contributed by atoms with Gasteiger partial charge < -0.3 is 10.1 Å². The number of fused-ring (bicyclic) bond motifs is 1. The molecule has 0 saturated heterocycles. The first kappa shape index (κ1) is 26.7. The molecule has 3 aromatic rings. The summed E-state index contributed by atoms with van der Waals surface area (Å²) in [6, 6.07) is 5.08. The van der Waals surface area contributed by atoms with Gasteiger partial charge in [-0.25, -0.2) is 4.98 Å². The maximum atomic E-state index is 13.1. The Balaban J connectivity index is 1.63. The molecule has 6 nitrogen and oxygen atoms in total. The van der Waals surface area contributed by atoms with E-state index in [1.807, 2.05) is 0 Å². The van der Waals surface area contributed by atoms with Gasteiger partial charge in [0.15, 0.2) is 5.75 Å². The molecule has 37 heavy (non-hydrogen) atoms. The summed E-state index contributed by atoms with van der Waals surface area (Å²) < 4.78 is 84.0. The summed E-state index contributed by atoms with van der Waals surface area (Å²) in [4.78, 5) is 15.9. The molecule has 0 unspecified atom stereocenters. The fraction of sp³-hybridized carbons (Fsp3) is 0.480. The number of ether oxygens (including phenoxy) is 1. The number of hydrogen-bond acceptors (Lipinski definition) is 4. The van der Waals surface area contributed by atoms with Gasteiger partial charge in [-0.1, -0.05) is 26.8 Å². The van der Waals surface area contributed by atoms with Crippen molar-refractivity contribution in [2.45, 2.75) is 65.0 Å². The highest BCUT2D eigenvalue weighted by Gasteiger charge is 2.35. The number of hydrogen-bond donors (Lipinski definition) is 1. The van der Waals surface area contributed by atoms with Gasteiger partial charge in [0.25, 0.3) is 5.91 Å². The summed E-state index contributed by atoms with van der Waals surface area (Å²) in [6.07, 6.45) is -4.45. The minimum atomic E-state index is -5.07. The number of halogens is 6. The second kappa shape index (κ2) is 9.53. The fourth-order valence-corrected chi connectivity index (χ4v) is 4.68. The van der Waals surface area contributed by atoms with Gasteiger partial charge in [0.1, 0.15) is 11.4 Å². The Labute approximate surface area is 209 Å². The lowest BCUT2D eigenvalue weighted by Gasteiger charge is -2.37. The number of nitrogens with one attached hydrogen (secondary N) is 1. The second-order valence-electron chi connectivity index (χ2n) is 10.3. The lowest BCUT2D eigenvalue weighted by Crippen LogP contribution is -2.27. The fourth-order valence-electron chi connectivity index (χ4n) is 4.68. The normalized spacial score (nSPS) is 19.2. The quantitative estimate of drug-likeness (QED) is 0.359. The number of amides is 1.